The monoisotopic (exact) mass is 261 g/mol. The van der Waals surface area contributed by atoms with Crippen molar-refractivity contribution in [3.63, 3.8) is 0 Å². The van der Waals surface area contributed by atoms with Gasteiger partial charge in [-0.2, -0.15) is 0 Å². The van der Waals surface area contributed by atoms with E-state index in [0.29, 0.717) is 17.1 Å². The van der Waals surface area contributed by atoms with Crippen LogP contribution < -0.4 is 11.1 Å². The molecule has 0 unspecified atom stereocenters. The Bertz CT molecular complexity index is 572. The lowest BCUT2D eigenvalue weighted by molar-refractivity contribution is 0.1000. The second-order valence-corrected chi connectivity index (χ2v) is 4.18. The van der Waals surface area contributed by atoms with Crippen molar-refractivity contribution in [2.45, 2.75) is 6.54 Å². The molecule has 1 aromatic heterocycles. The van der Waals surface area contributed by atoms with E-state index in [1.165, 1.54) is 0 Å². The maximum absolute atomic E-state index is 11.1. The van der Waals surface area contributed by atoms with E-state index in [9.17, 15) is 4.79 Å². The molecule has 0 radical (unpaired) electrons. The number of hydrogen-bond donors (Lipinski definition) is 2. The van der Waals surface area contributed by atoms with Crippen LogP contribution in [0.25, 0.3) is 0 Å². The first-order valence-corrected chi connectivity index (χ1v) is 5.77. The number of nitrogens with two attached hydrogens (primary N) is 1. The molecule has 3 N–H and O–H groups in total. The smallest absolute Gasteiger partial charge is 0.248 e. The summed E-state index contributed by atoms with van der Waals surface area (Å²) < 4.78 is 0. The molecule has 1 heterocycles. The van der Waals surface area contributed by atoms with Gasteiger partial charge in [-0.15, -0.1) is 0 Å². The van der Waals surface area contributed by atoms with Gasteiger partial charge in [0.05, 0.1) is 10.7 Å². The highest BCUT2D eigenvalue weighted by Gasteiger charge is 2.02. The molecule has 0 atom stereocenters. The largest absolute Gasteiger partial charge is 0.380 e. The van der Waals surface area contributed by atoms with Crippen molar-refractivity contribution in [3.8, 4) is 0 Å². The van der Waals surface area contributed by atoms with Gasteiger partial charge in [-0.1, -0.05) is 23.7 Å². The Labute approximate surface area is 110 Å². The minimum absolute atomic E-state index is 0.432. The maximum atomic E-state index is 11.1. The van der Waals surface area contributed by atoms with Gasteiger partial charge in [-0.3, -0.25) is 9.78 Å². The van der Waals surface area contributed by atoms with Crippen LogP contribution in [0.3, 0.4) is 0 Å². The number of primary amides is 1. The fraction of sp³-hybridized carbons (Fsp3) is 0.0769. The zero-order chi connectivity index (χ0) is 13.0. The molecule has 0 bridgehead atoms. The number of anilines is 1. The zero-order valence-electron chi connectivity index (χ0n) is 9.56. The number of nitrogens with one attached hydrogen (secondary N) is 1. The number of halogens is 1. The van der Waals surface area contributed by atoms with Gasteiger partial charge in [-0.05, 0) is 23.8 Å². The maximum Gasteiger partial charge on any atom is 0.248 e. The van der Waals surface area contributed by atoms with Crippen molar-refractivity contribution < 1.29 is 4.79 Å². The van der Waals surface area contributed by atoms with Crippen LogP contribution in [0.5, 0.6) is 0 Å². The van der Waals surface area contributed by atoms with E-state index < -0.39 is 5.91 Å². The number of carbonyl (C=O) groups excluding carboxylic acids is 1. The second kappa shape index (κ2) is 5.51. The van der Waals surface area contributed by atoms with Crippen LogP contribution in [-0.4, -0.2) is 10.9 Å². The van der Waals surface area contributed by atoms with Crippen LogP contribution in [0.2, 0.25) is 5.02 Å². The molecule has 2 rings (SSSR count). The van der Waals surface area contributed by atoms with Crippen molar-refractivity contribution >= 4 is 23.2 Å². The molecule has 1 aromatic carbocycles. The van der Waals surface area contributed by atoms with Gasteiger partial charge in [0.25, 0.3) is 0 Å². The number of aromatic nitrogens is 1. The van der Waals surface area contributed by atoms with Crippen LogP contribution in [0, 0.1) is 0 Å². The molecular formula is C13H12ClN3O. The Morgan fingerprint density at radius 2 is 2.22 bits per heavy atom. The Morgan fingerprint density at radius 3 is 2.94 bits per heavy atom. The van der Waals surface area contributed by atoms with Gasteiger partial charge in [-0.25, -0.2) is 0 Å². The quantitative estimate of drug-likeness (QED) is 0.888. The van der Waals surface area contributed by atoms with E-state index >= 15 is 0 Å². The van der Waals surface area contributed by atoms with E-state index in [-0.39, 0.29) is 0 Å². The van der Waals surface area contributed by atoms with E-state index in [1.54, 1.807) is 36.7 Å². The lowest BCUT2D eigenvalue weighted by atomic mass is 10.1. The van der Waals surface area contributed by atoms with Crippen LogP contribution >= 0.6 is 11.6 Å². The molecule has 0 saturated heterocycles. The van der Waals surface area contributed by atoms with Crippen molar-refractivity contribution in [1.82, 2.24) is 4.98 Å². The molecule has 0 saturated carbocycles. The van der Waals surface area contributed by atoms with E-state index in [2.05, 4.69) is 10.3 Å². The molecule has 1 amide bonds. The van der Waals surface area contributed by atoms with E-state index in [0.717, 1.165) is 11.3 Å². The summed E-state index contributed by atoms with van der Waals surface area (Å²) in [6.07, 6.45) is 3.23. The fourth-order valence-electron chi connectivity index (χ4n) is 1.55. The summed E-state index contributed by atoms with van der Waals surface area (Å²) in [5, 5.41) is 3.73. The molecule has 0 aliphatic carbocycles. The number of amides is 1. The molecule has 0 aliphatic heterocycles. The Balaban J connectivity index is 2.09. The Hall–Kier alpha value is -2.07. The van der Waals surface area contributed by atoms with E-state index in [1.807, 2.05) is 6.07 Å². The molecule has 2 aromatic rings. The lowest BCUT2D eigenvalue weighted by Crippen LogP contribution is -2.11. The first-order valence-electron chi connectivity index (χ1n) is 5.39. The average molecular weight is 262 g/mol. The third kappa shape index (κ3) is 2.99. The van der Waals surface area contributed by atoms with Crippen molar-refractivity contribution in [1.29, 1.82) is 0 Å². The van der Waals surface area contributed by atoms with Crippen LogP contribution in [-0.2, 0) is 6.54 Å². The number of pyridine rings is 1. The summed E-state index contributed by atoms with van der Waals surface area (Å²) in [6, 6.07) is 8.94. The van der Waals surface area contributed by atoms with Crippen molar-refractivity contribution in [3.05, 3.63) is 58.9 Å². The van der Waals surface area contributed by atoms with Crippen molar-refractivity contribution in [2.24, 2.45) is 5.73 Å². The summed E-state index contributed by atoms with van der Waals surface area (Å²) in [7, 11) is 0. The van der Waals surface area contributed by atoms with E-state index in [4.69, 9.17) is 17.3 Å². The summed E-state index contributed by atoms with van der Waals surface area (Å²) in [4.78, 5) is 15.0. The zero-order valence-corrected chi connectivity index (χ0v) is 10.3. The minimum Gasteiger partial charge on any atom is -0.380 e. The highest BCUT2D eigenvalue weighted by atomic mass is 35.5. The highest BCUT2D eigenvalue weighted by Crippen LogP contribution is 2.20. The summed E-state index contributed by atoms with van der Waals surface area (Å²) in [5.41, 5.74) is 7.48. The topological polar surface area (TPSA) is 68.0 Å². The average Bonchev–Trinajstić information content (AvgIpc) is 2.38. The van der Waals surface area contributed by atoms with Gasteiger partial charge >= 0.3 is 0 Å². The van der Waals surface area contributed by atoms with Crippen molar-refractivity contribution in [2.75, 3.05) is 5.32 Å². The van der Waals surface area contributed by atoms with Gasteiger partial charge in [0.15, 0.2) is 0 Å². The second-order valence-electron chi connectivity index (χ2n) is 3.77. The predicted molar refractivity (Wildman–Crippen MR) is 71.5 cm³/mol. The highest BCUT2D eigenvalue weighted by molar-refractivity contribution is 6.33. The normalized spacial score (nSPS) is 10.1. The summed E-state index contributed by atoms with van der Waals surface area (Å²) in [6.45, 7) is 0.560. The summed E-state index contributed by atoms with van der Waals surface area (Å²) in [5.74, 6) is -0.432. The van der Waals surface area contributed by atoms with Gasteiger partial charge in [0.1, 0.15) is 0 Å². The number of rotatable bonds is 4. The minimum atomic E-state index is -0.432. The predicted octanol–water partition coefficient (Wildman–Crippen LogP) is 2.45. The van der Waals surface area contributed by atoms with Crippen LogP contribution in [0.15, 0.2) is 42.7 Å². The third-order valence-electron chi connectivity index (χ3n) is 2.47. The summed E-state index contributed by atoms with van der Waals surface area (Å²) >= 11 is 5.97. The number of hydrogen-bond acceptors (Lipinski definition) is 3. The molecule has 92 valence electrons. The number of benzene rings is 1. The molecule has 18 heavy (non-hydrogen) atoms. The molecule has 0 spiro atoms. The lowest BCUT2D eigenvalue weighted by Gasteiger charge is -2.08. The third-order valence-corrected chi connectivity index (χ3v) is 2.77. The SMILES string of the molecule is NC(=O)c1cccc(CNc2ccncc2Cl)c1. The van der Waals surface area contributed by atoms with Gasteiger partial charge in [0, 0.05) is 24.5 Å². The standard InChI is InChI=1S/C13H12ClN3O/c14-11-8-16-5-4-12(11)17-7-9-2-1-3-10(6-9)13(15)18/h1-6,8H,7H2,(H2,15,18)(H,16,17). The van der Waals surface area contributed by atoms with Crippen LogP contribution in [0.1, 0.15) is 15.9 Å². The molecular weight excluding hydrogens is 250 g/mol. The fourth-order valence-corrected chi connectivity index (χ4v) is 1.74. The number of carbonyl (C=O) groups is 1. The molecule has 0 aliphatic rings. The Kier molecular flexibility index (Phi) is 3.79. The Morgan fingerprint density at radius 1 is 1.39 bits per heavy atom. The molecule has 5 heteroatoms. The first kappa shape index (κ1) is 12.4. The number of nitrogens with zero attached hydrogens (tertiary/aromatic N) is 1. The molecule has 4 nitrogen and oxygen atoms in total. The first-order chi connectivity index (χ1) is 8.66. The molecule has 0 fully saturated rings. The van der Waals surface area contributed by atoms with Gasteiger partial charge in [0.2, 0.25) is 5.91 Å². The van der Waals surface area contributed by atoms with Gasteiger partial charge < -0.3 is 11.1 Å². The van der Waals surface area contributed by atoms with Crippen LogP contribution in [0.4, 0.5) is 5.69 Å².